The van der Waals surface area contributed by atoms with Crippen molar-refractivity contribution in [2.45, 2.75) is 68.8 Å². The van der Waals surface area contributed by atoms with Gasteiger partial charge in [-0.15, -0.1) is 0 Å². The lowest BCUT2D eigenvalue weighted by Crippen LogP contribution is -2.26. The van der Waals surface area contributed by atoms with Gasteiger partial charge in [-0.25, -0.2) is 4.98 Å². The molecule has 1 aromatic carbocycles. The second-order valence-electron chi connectivity index (χ2n) is 8.08. The zero-order valence-electron chi connectivity index (χ0n) is 15.9. The fourth-order valence-corrected chi connectivity index (χ4v) is 4.37. The Bertz CT molecular complexity index is 1010. The zero-order chi connectivity index (χ0) is 19.0. The summed E-state index contributed by atoms with van der Waals surface area (Å²) in [6.45, 7) is 6.13. The molecule has 7 heteroatoms. The van der Waals surface area contributed by atoms with Crippen molar-refractivity contribution in [3.63, 3.8) is 0 Å². The highest BCUT2D eigenvalue weighted by atomic mass is 32.2. The lowest BCUT2D eigenvalue weighted by atomic mass is 9.97. The van der Waals surface area contributed by atoms with Crippen LogP contribution in [-0.2, 0) is 11.2 Å². The van der Waals surface area contributed by atoms with Crippen molar-refractivity contribution < 1.29 is 4.52 Å². The number of fused-ring (bicyclic) bond motifs is 1. The van der Waals surface area contributed by atoms with Crippen LogP contribution in [0.25, 0.3) is 10.9 Å². The van der Waals surface area contributed by atoms with Gasteiger partial charge in [-0.3, -0.25) is 9.36 Å². The molecule has 0 unspecified atom stereocenters. The highest BCUT2D eigenvalue weighted by Crippen LogP contribution is 2.33. The molecule has 1 aliphatic rings. The van der Waals surface area contributed by atoms with Gasteiger partial charge in [-0.2, -0.15) is 4.98 Å². The van der Waals surface area contributed by atoms with Gasteiger partial charge in [0, 0.05) is 11.5 Å². The third-order valence-corrected chi connectivity index (χ3v) is 5.85. The van der Waals surface area contributed by atoms with Crippen molar-refractivity contribution in [3.05, 3.63) is 46.3 Å². The van der Waals surface area contributed by atoms with E-state index in [1.165, 1.54) is 11.8 Å². The van der Waals surface area contributed by atoms with Crippen molar-refractivity contribution >= 4 is 22.7 Å². The Morgan fingerprint density at radius 2 is 1.93 bits per heavy atom. The average Bonchev–Trinajstić information content (AvgIpc) is 3.31. The van der Waals surface area contributed by atoms with Crippen molar-refractivity contribution in [3.8, 4) is 0 Å². The minimum absolute atomic E-state index is 0.0542. The van der Waals surface area contributed by atoms with E-state index >= 15 is 0 Å². The van der Waals surface area contributed by atoms with E-state index in [4.69, 9.17) is 9.51 Å². The Kier molecular flexibility index (Phi) is 4.80. The first kappa shape index (κ1) is 18.2. The molecule has 0 spiro atoms. The summed E-state index contributed by atoms with van der Waals surface area (Å²) in [7, 11) is 0. The molecule has 1 fully saturated rings. The predicted octanol–water partition coefficient (Wildman–Crippen LogP) is 4.48. The fourth-order valence-electron chi connectivity index (χ4n) is 3.46. The molecule has 2 aromatic heterocycles. The molecule has 2 heterocycles. The van der Waals surface area contributed by atoms with Gasteiger partial charge >= 0.3 is 0 Å². The molecule has 3 aromatic rings. The van der Waals surface area contributed by atoms with E-state index in [0.717, 1.165) is 36.4 Å². The van der Waals surface area contributed by atoms with Crippen molar-refractivity contribution in [1.82, 2.24) is 19.7 Å². The van der Waals surface area contributed by atoms with E-state index in [-0.39, 0.29) is 17.0 Å². The normalized spacial score (nSPS) is 15.7. The van der Waals surface area contributed by atoms with Crippen LogP contribution in [0.5, 0.6) is 0 Å². The van der Waals surface area contributed by atoms with Crippen LogP contribution in [0.15, 0.2) is 38.7 Å². The SMILES string of the molecule is CC(C)(C)c1nc(CSc2nc3ccccc3c(=O)n2C2CCCC2)no1. The van der Waals surface area contributed by atoms with Crippen LogP contribution in [-0.4, -0.2) is 19.7 Å². The number of benzene rings is 1. The Balaban J connectivity index is 1.68. The zero-order valence-corrected chi connectivity index (χ0v) is 16.8. The van der Waals surface area contributed by atoms with Crippen LogP contribution < -0.4 is 5.56 Å². The lowest BCUT2D eigenvalue weighted by Gasteiger charge is -2.18. The van der Waals surface area contributed by atoms with Crippen molar-refractivity contribution in [2.24, 2.45) is 0 Å². The van der Waals surface area contributed by atoms with Crippen molar-refractivity contribution in [1.29, 1.82) is 0 Å². The second-order valence-corrected chi connectivity index (χ2v) is 9.02. The number of nitrogens with zero attached hydrogens (tertiary/aromatic N) is 4. The van der Waals surface area contributed by atoms with Crippen LogP contribution >= 0.6 is 11.8 Å². The fraction of sp³-hybridized carbons (Fsp3) is 0.500. The second kappa shape index (κ2) is 7.11. The number of aromatic nitrogens is 4. The summed E-state index contributed by atoms with van der Waals surface area (Å²) in [5.74, 6) is 1.78. The molecule has 0 bridgehead atoms. The quantitative estimate of drug-likeness (QED) is 0.487. The molecule has 0 radical (unpaired) electrons. The number of hydrogen-bond donors (Lipinski definition) is 0. The smallest absolute Gasteiger partial charge is 0.262 e. The molecule has 1 saturated carbocycles. The maximum atomic E-state index is 13.1. The summed E-state index contributed by atoms with van der Waals surface area (Å²) >= 11 is 1.51. The maximum Gasteiger partial charge on any atom is 0.262 e. The third-order valence-electron chi connectivity index (χ3n) is 4.91. The van der Waals surface area contributed by atoms with Crippen LogP contribution in [0.3, 0.4) is 0 Å². The maximum absolute atomic E-state index is 13.1. The van der Waals surface area contributed by atoms with E-state index in [0.29, 0.717) is 22.9 Å². The van der Waals surface area contributed by atoms with Gasteiger partial charge in [0.05, 0.1) is 16.7 Å². The Morgan fingerprint density at radius 1 is 1.19 bits per heavy atom. The van der Waals surface area contributed by atoms with Gasteiger partial charge in [0.2, 0.25) is 5.89 Å². The standard InChI is InChI=1S/C20H24N4O2S/c1-20(2,3)18-22-16(23-26-18)12-27-19-21-15-11-7-6-10-14(15)17(25)24(19)13-8-4-5-9-13/h6-7,10-11,13H,4-5,8-9,12H2,1-3H3. The number of thioether (sulfide) groups is 1. The highest BCUT2D eigenvalue weighted by Gasteiger charge is 2.24. The topological polar surface area (TPSA) is 73.8 Å². The van der Waals surface area contributed by atoms with Gasteiger partial charge in [-0.05, 0) is 25.0 Å². The first-order valence-electron chi connectivity index (χ1n) is 9.40. The molecule has 0 amide bonds. The average molecular weight is 385 g/mol. The molecule has 0 atom stereocenters. The largest absolute Gasteiger partial charge is 0.339 e. The summed E-state index contributed by atoms with van der Waals surface area (Å²) in [5, 5.41) is 5.51. The molecule has 0 saturated heterocycles. The molecular formula is C20H24N4O2S. The first-order chi connectivity index (χ1) is 12.9. The molecular weight excluding hydrogens is 360 g/mol. The summed E-state index contributed by atoms with van der Waals surface area (Å²) in [6.07, 6.45) is 4.38. The summed E-state index contributed by atoms with van der Waals surface area (Å²) in [6, 6.07) is 7.79. The number of hydrogen-bond acceptors (Lipinski definition) is 6. The van der Waals surface area contributed by atoms with E-state index in [2.05, 4.69) is 10.1 Å². The van der Waals surface area contributed by atoms with E-state index in [9.17, 15) is 4.79 Å². The number of para-hydroxylation sites is 1. The molecule has 0 aliphatic heterocycles. The van der Waals surface area contributed by atoms with Crippen LogP contribution in [0, 0.1) is 0 Å². The predicted molar refractivity (Wildman–Crippen MR) is 106 cm³/mol. The van der Waals surface area contributed by atoms with Gasteiger partial charge in [-0.1, -0.05) is 62.7 Å². The van der Waals surface area contributed by atoms with Gasteiger partial charge in [0.15, 0.2) is 11.0 Å². The Labute approximate surface area is 162 Å². The summed E-state index contributed by atoms with van der Waals surface area (Å²) in [5.41, 5.74) is 0.615. The summed E-state index contributed by atoms with van der Waals surface area (Å²) < 4.78 is 7.27. The Hall–Kier alpha value is -2.15. The molecule has 142 valence electrons. The third kappa shape index (κ3) is 3.65. The van der Waals surface area contributed by atoms with Crippen LogP contribution in [0.2, 0.25) is 0 Å². The van der Waals surface area contributed by atoms with Gasteiger partial charge in [0.1, 0.15) is 0 Å². The molecule has 1 aliphatic carbocycles. The lowest BCUT2D eigenvalue weighted by molar-refractivity contribution is 0.319. The molecule has 0 N–H and O–H groups in total. The highest BCUT2D eigenvalue weighted by molar-refractivity contribution is 7.98. The number of rotatable bonds is 4. The Morgan fingerprint density at radius 3 is 2.63 bits per heavy atom. The van der Waals surface area contributed by atoms with Gasteiger partial charge < -0.3 is 4.52 Å². The van der Waals surface area contributed by atoms with E-state index in [1.807, 2.05) is 49.6 Å². The van der Waals surface area contributed by atoms with Crippen LogP contribution in [0.4, 0.5) is 0 Å². The van der Waals surface area contributed by atoms with Crippen molar-refractivity contribution in [2.75, 3.05) is 0 Å². The minimum Gasteiger partial charge on any atom is -0.339 e. The van der Waals surface area contributed by atoms with E-state index < -0.39 is 0 Å². The summed E-state index contributed by atoms with van der Waals surface area (Å²) in [4.78, 5) is 22.4. The monoisotopic (exact) mass is 384 g/mol. The molecule has 6 nitrogen and oxygen atoms in total. The molecule has 4 rings (SSSR count). The van der Waals surface area contributed by atoms with Gasteiger partial charge in [0.25, 0.3) is 5.56 Å². The molecule has 27 heavy (non-hydrogen) atoms. The first-order valence-corrected chi connectivity index (χ1v) is 10.4. The van der Waals surface area contributed by atoms with Crippen LogP contribution in [0.1, 0.15) is 64.2 Å². The van der Waals surface area contributed by atoms with E-state index in [1.54, 1.807) is 0 Å². The minimum atomic E-state index is -0.178.